The smallest absolute Gasteiger partial charge is 0.339 e. The van der Waals surface area contributed by atoms with Gasteiger partial charge in [-0.25, -0.2) is 4.79 Å². The van der Waals surface area contributed by atoms with E-state index in [9.17, 15) is 9.90 Å². The quantitative estimate of drug-likeness (QED) is 0.768. The van der Waals surface area contributed by atoms with Crippen LogP contribution in [-0.2, 0) is 0 Å². The Morgan fingerprint density at radius 1 is 1.08 bits per heavy atom. The van der Waals surface area contributed by atoms with Gasteiger partial charge in [-0.1, -0.05) is 0 Å². The van der Waals surface area contributed by atoms with E-state index in [2.05, 4.69) is 4.98 Å². The number of carboxylic acids is 1. The molecule has 3 aromatic rings. The maximum absolute atomic E-state index is 11.3. The van der Waals surface area contributed by atoms with Crippen LogP contribution in [0.5, 0.6) is 17.2 Å². The Kier molecular flexibility index (Phi) is 3.99. The Morgan fingerprint density at radius 3 is 2.29 bits per heavy atom. The molecule has 7 nitrogen and oxygen atoms in total. The van der Waals surface area contributed by atoms with Crippen LogP contribution in [-0.4, -0.2) is 37.4 Å². The zero-order valence-corrected chi connectivity index (χ0v) is 13.3. The van der Waals surface area contributed by atoms with Crippen molar-refractivity contribution in [1.29, 1.82) is 0 Å². The van der Waals surface area contributed by atoms with Gasteiger partial charge in [-0.05, 0) is 18.2 Å². The van der Waals surface area contributed by atoms with Gasteiger partial charge in [0.05, 0.1) is 21.3 Å². The fourth-order valence-electron chi connectivity index (χ4n) is 2.47. The van der Waals surface area contributed by atoms with E-state index in [0.29, 0.717) is 34.1 Å². The predicted molar refractivity (Wildman–Crippen MR) is 86.1 cm³/mol. The molecule has 0 aliphatic rings. The number of hydrogen-bond donors (Lipinski definition) is 1. The molecule has 2 aromatic heterocycles. The fraction of sp³-hybridized carbons (Fsp3) is 0.176. The van der Waals surface area contributed by atoms with Gasteiger partial charge in [0.25, 0.3) is 0 Å². The number of fused-ring (bicyclic) bond motifs is 1. The molecule has 0 spiro atoms. The topological polar surface area (TPSA) is 91.0 Å². The van der Waals surface area contributed by atoms with Gasteiger partial charge in [0.15, 0.2) is 17.1 Å². The van der Waals surface area contributed by atoms with E-state index < -0.39 is 5.97 Å². The number of ether oxygens (including phenoxy) is 3. The van der Waals surface area contributed by atoms with Crippen LogP contribution >= 0.6 is 0 Å². The number of nitrogens with zero attached hydrogens (tertiary/aromatic N) is 1. The average Bonchev–Trinajstić information content (AvgIpc) is 3.04. The second kappa shape index (κ2) is 6.11. The SMILES string of the molecule is COc1cc(-c2cc3nccc(C(=O)O)c3o2)cc(OC)c1OC. The molecule has 0 atom stereocenters. The van der Waals surface area contributed by atoms with E-state index in [-0.39, 0.29) is 11.1 Å². The minimum absolute atomic E-state index is 0.0543. The molecular weight excluding hydrogens is 314 g/mol. The Balaban J connectivity index is 2.20. The molecule has 7 heteroatoms. The maximum atomic E-state index is 11.3. The molecule has 0 unspecified atom stereocenters. The lowest BCUT2D eigenvalue weighted by Crippen LogP contribution is -1.96. The van der Waals surface area contributed by atoms with Crippen molar-refractivity contribution in [3.05, 3.63) is 36.0 Å². The molecular formula is C17H15NO6. The van der Waals surface area contributed by atoms with Crippen LogP contribution in [0.25, 0.3) is 22.4 Å². The second-order valence-corrected chi connectivity index (χ2v) is 4.90. The molecule has 1 aromatic carbocycles. The van der Waals surface area contributed by atoms with Gasteiger partial charge in [0, 0.05) is 17.8 Å². The van der Waals surface area contributed by atoms with Crippen LogP contribution in [0.4, 0.5) is 0 Å². The number of carboxylic acid groups (broad SMARTS) is 1. The molecule has 0 radical (unpaired) electrons. The Labute approximate surface area is 137 Å². The van der Waals surface area contributed by atoms with Crippen molar-refractivity contribution in [3.8, 4) is 28.6 Å². The summed E-state index contributed by atoms with van der Waals surface area (Å²) in [4.78, 5) is 15.4. The van der Waals surface area contributed by atoms with E-state index in [0.717, 1.165) is 0 Å². The largest absolute Gasteiger partial charge is 0.493 e. The first-order chi connectivity index (χ1) is 11.6. The van der Waals surface area contributed by atoms with Crippen molar-refractivity contribution in [2.75, 3.05) is 21.3 Å². The van der Waals surface area contributed by atoms with Gasteiger partial charge >= 0.3 is 5.97 Å². The lowest BCUT2D eigenvalue weighted by atomic mass is 10.1. The van der Waals surface area contributed by atoms with Crippen LogP contribution in [0.3, 0.4) is 0 Å². The van der Waals surface area contributed by atoms with Gasteiger partial charge in [0.2, 0.25) is 5.75 Å². The molecule has 24 heavy (non-hydrogen) atoms. The summed E-state index contributed by atoms with van der Waals surface area (Å²) in [6, 6.07) is 6.51. The van der Waals surface area contributed by atoms with Crippen LogP contribution in [0.15, 0.2) is 34.9 Å². The summed E-state index contributed by atoms with van der Waals surface area (Å²) in [6.45, 7) is 0. The first kappa shape index (κ1) is 15.7. The highest BCUT2D eigenvalue weighted by Crippen LogP contribution is 2.42. The summed E-state index contributed by atoms with van der Waals surface area (Å²) in [5.41, 5.74) is 1.38. The van der Waals surface area contributed by atoms with Gasteiger partial charge in [-0.15, -0.1) is 0 Å². The number of aromatic carboxylic acids is 1. The molecule has 0 amide bonds. The number of benzene rings is 1. The number of methoxy groups -OCH3 is 3. The number of furan rings is 1. The van der Waals surface area contributed by atoms with Gasteiger partial charge in [-0.3, -0.25) is 4.98 Å². The number of pyridine rings is 1. The summed E-state index contributed by atoms with van der Waals surface area (Å²) in [5.74, 6) is 0.778. The third kappa shape index (κ3) is 2.50. The standard InChI is InChI=1S/C17H15NO6/c1-21-13-6-9(7-14(22-2)16(13)23-3)12-8-11-15(24-12)10(17(19)20)4-5-18-11/h4-8H,1-3H3,(H,19,20). The zero-order valence-electron chi connectivity index (χ0n) is 13.3. The predicted octanol–water partition coefficient (Wildman–Crippen LogP) is 3.22. The summed E-state index contributed by atoms with van der Waals surface area (Å²) in [6.07, 6.45) is 1.43. The van der Waals surface area contributed by atoms with Gasteiger partial charge in [-0.2, -0.15) is 0 Å². The Hall–Kier alpha value is -3.22. The highest BCUT2D eigenvalue weighted by molar-refractivity contribution is 6.00. The molecule has 1 N–H and O–H groups in total. The van der Waals surface area contributed by atoms with E-state index >= 15 is 0 Å². The van der Waals surface area contributed by atoms with Crippen molar-refractivity contribution in [2.24, 2.45) is 0 Å². The monoisotopic (exact) mass is 329 g/mol. The maximum Gasteiger partial charge on any atom is 0.339 e. The number of hydrogen-bond acceptors (Lipinski definition) is 6. The van der Waals surface area contributed by atoms with Crippen LogP contribution in [0.1, 0.15) is 10.4 Å². The highest BCUT2D eigenvalue weighted by atomic mass is 16.5. The number of aromatic nitrogens is 1. The van der Waals surface area contributed by atoms with Crippen molar-refractivity contribution in [1.82, 2.24) is 4.98 Å². The highest BCUT2D eigenvalue weighted by Gasteiger charge is 2.19. The number of carbonyl (C=O) groups is 1. The first-order valence-electron chi connectivity index (χ1n) is 7.01. The van der Waals surface area contributed by atoms with Gasteiger partial charge in [0.1, 0.15) is 16.8 Å². The molecule has 0 bridgehead atoms. The summed E-state index contributed by atoms with van der Waals surface area (Å²) in [7, 11) is 4.55. The Morgan fingerprint density at radius 2 is 1.75 bits per heavy atom. The molecule has 0 fully saturated rings. The molecule has 124 valence electrons. The lowest BCUT2D eigenvalue weighted by Gasteiger charge is -2.13. The van der Waals surface area contributed by atoms with Crippen LogP contribution in [0.2, 0.25) is 0 Å². The average molecular weight is 329 g/mol. The zero-order chi connectivity index (χ0) is 17.3. The third-order valence-electron chi connectivity index (χ3n) is 3.59. The van der Waals surface area contributed by atoms with Crippen molar-refractivity contribution in [2.45, 2.75) is 0 Å². The van der Waals surface area contributed by atoms with Crippen LogP contribution in [0, 0.1) is 0 Å². The molecule has 2 heterocycles. The van der Waals surface area contributed by atoms with Crippen molar-refractivity contribution >= 4 is 17.1 Å². The Bertz CT molecular complexity index is 890. The van der Waals surface area contributed by atoms with E-state index in [1.807, 2.05) is 0 Å². The minimum Gasteiger partial charge on any atom is -0.493 e. The summed E-state index contributed by atoms with van der Waals surface area (Å²) in [5, 5.41) is 9.25. The van der Waals surface area contributed by atoms with E-state index in [1.54, 1.807) is 18.2 Å². The molecule has 0 saturated carbocycles. The lowest BCUT2D eigenvalue weighted by molar-refractivity contribution is 0.0698. The minimum atomic E-state index is -1.08. The fourth-order valence-corrected chi connectivity index (χ4v) is 2.47. The third-order valence-corrected chi connectivity index (χ3v) is 3.59. The van der Waals surface area contributed by atoms with Crippen molar-refractivity contribution < 1.29 is 28.5 Å². The molecule has 3 rings (SSSR count). The normalized spacial score (nSPS) is 10.6. The van der Waals surface area contributed by atoms with Gasteiger partial charge < -0.3 is 23.7 Å². The van der Waals surface area contributed by atoms with Crippen molar-refractivity contribution in [3.63, 3.8) is 0 Å². The molecule has 0 aliphatic carbocycles. The number of rotatable bonds is 5. The summed E-state index contributed by atoms with van der Waals surface area (Å²) >= 11 is 0. The first-order valence-corrected chi connectivity index (χ1v) is 7.01. The van der Waals surface area contributed by atoms with Crippen LogP contribution < -0.4 is 14.2 Å². The van der Waals surface area contributed by atoms with E-state index in [1.165, 1.54) is 33.6 Å². The molecule has 0 saturated heterocycles. The second-order valence-electron chi connectivity index (χ2n) is 4.90. The van der Waals surface area contributed by atoms with E-state index in [4.69, 9.17) is 18.6 Å². The summed E-state index contributed by atoms with van der Waals surface area (Å²) < 4.78 is 21.7. The molecule has 0 aliphatic heterocycles.